The van der Waals surface area contributed by atoms with Crippen LogP contribution >= 0.6 is 11.6 Å². The normalized spacial score (nSPS) is 15.8. The molecule has 0 bridgehead atoms. The second kappa shape index (κ2) is 9.38. The molecule has 1 atom stereocenters. The molecule has 0 unspecified atom stereocenters. The van der Waals surface area contributed by atoms with E-state index >= 15 is 0 Å². The number of imide groups is 1. The second-order valence-corrected chi connectivity index (χ2v) is 7.90. The lowest BCUT2D eigenvalue weighted by Gasteiger charge is -2.21. The molecule has 4 amide bonds. The number of benzene rings is 3. The van der Waals surface area contributed by atoms with Gasteiger partial charge in [0.15, 0.2) is 0 Å². The van der Waals surface area contributed by atoms with E-state index in [1.165, 1.54) is 41.3 Å². The molecule has 1 saturated heterocycles. The number of rotatable bonds is 6. The van der Waals surface area contributed by atoms with E-state index in [0.717, 1.165) is 17.0 Å². The van der Waals surface area contributed by atoms with Crippen LogP contribution in [0.3, 0.4) is 0 Å². The topological polar surface area (TPSA) is 69.7 Å². The van der Waals surface area contributed by atoms with Crippen molar-refractivity contribution in [2.24, 2.45) is 0 Å². The first-order chi connectivity index (χ1) is 15.8. The van der Waals surface area contributed by atoms with Crippen molar-refractivity contribution in [1.82, 2.24) is 4.90 Å². The lowest BCUT2D eigenvalue weighted by Crippen LogP contribution is -2.37. The molecule has 1 heterocycles. The van der Waals surface area contributed by atoms with Gasteiger partial charge in [0.25, 0.3) is 5.91 Å². The van der Waals surface area contributed by atoms with Gasteiger partial charge >= 0.3 is 6.03 Å². The summed E-state index contributed by atoms with van der Waals surface area (Å²) in [6.45, 7) is -0.0125. The van der Waals surface area contributed by atoms with Gasteiger partial charge in [0.1, 0.15) is 17.7 Å². The Hall–Kier alpha value is -3.78. The van der Waals surface area contributed by atoms with Gasteiger partial charge in [-0.2, -0.15) is 0 Å². The summed E-state index contributed by atoms with van der Waals surface area (Å²) in [5.41, 5.74) is 1.26. The maximum absolute atomic E-state index is 13.4. The van der Waals surface area contributed by atoms with Crippen molar-refractivity contribution in [3.8, 4) is 0 Å². The van der Waals surface area contributed by atoms with Crippen molar-refractivity contribution < 1.29 is 23.2 Å². The third-order valence-corrected chi connectivity index (χ3v) is 5.43. The Morgan fingerprint density at radius 2 is 1.45 bits per heavy atom. The number of carbonyl (C=O) groups is 3. The molecule has 4 rings (SSSR count). The number of hydrogen-bond donors (Lipinski definition) is 1. The Labute approximate surface area is 193 Å². The molecule has 3 aromatic carbocycles. The predicted molar refractivity (Wildman–Crippen MR) is 120 cm³/mol. The largest absolute Gasteiger partial charge is 0.332 e. The molecule has 9 heteroatoms. The average molecular weight is 470 g/mol. The summed E-state index contributed by atoms with van der Waals surface area (Å²) in [5, 5.41) is 3.18. The zero-order valence-corrected chi connectivity index (χ0v) is 17.9. The fourth-order valence-corrected chi connectivity index (χ4v) is 3.67. The molecule has 0 saturated carbocycles. The minimum atomic E-state index is -1.10. The molecule has 3 aromatic rings. The van der Waals surface area contributed by atoms with Gasteiger partial charge < -0.3 is 10.2 Å². The monoisotopic (exact) mass is 469 g/mol. The Bertz CT molecular complexity index is 1190. The SMILES string of the molecule is O=C(C[C@H]1C(=O)N(c2ccc(F)cc2)C(=O)N1Cc1ccc(F)cc1)Nc1ccc(Cl)cc1. The van der Waals surface area contributed by atoms with Crippen molar-refractivity contribution in [2.75, 3.05) is 10.2 Å². The second-order valence-electron chi connectivity index (χ2n) is 7.46. The molecule has 0 spiro atoms. The number of amides is 4. The third kappa shape index (κ3) is 5.01. The van der Waals surface area contributed by atoms with Crippen LogP contribution in [0.15, 0.2) is 72.8 Å². The Balaban J connectivity index is 1.59. The number of urea groups is 1. The van der Waals surface area contributed by atoms with Gasteiger partial charge in [0.2, 0.25) is 5.91 Å². The minimum Gasteiger partial charge on any atom is -0.326 e. The summed E-state index contributed by atoms with van der Waals surface area (Å²) < 4.78 is 26.7. The molecule has 1 N–H and O–H groups in total. The maximum atomic E-state index is 13.4. The van der Waals surface area contributed by atoms with E-state index in [1.54, 1.807) is 24.3 Å². The summed E-state index contributed by atoms with van der Waals surface area (Å²) in [6.07, 6.45) is -0.300. The lowest BCUT2D eigenvalue weighted by atomic mass is 10.1. The zero-order chi connectivity index (χ0) is 23.5. The van der Waals surface area contributed by atoms with Gasteiger partial charge in [-0.25, -0.2) is 18.5 Å². The standard InChI is InChI=1S/C24H18ClF2N3O3/c25-16-3-9-19(10-4-16)28-22(31)13-21-23(32)30(20-11-7-18(27)8-12-20)24(33)29(21)14-15-1-5-17(26)6-2-15/h1-12,21H,13-14H2,(H,28,31)/t21-/m0/s1. The van der Waals surface area contributed by atoms with E-state index in [0.29, 0.717) is 16.3 Å². The molecular weight excluding hydrogens is 452 g/mol. The predicted octanol–water partition coefficient (Wildman–Crippen LogP) is 4.98. The van der Waals surface area contributed by atoms with E-state index in [4.69, 9.17) is 11.6 Å². The van der Waals surface area contributed by atoms with Crippen molar-refractivity contribution >= 4 is 40.8 Å². The van der Waals surface area contributed by atoms with Crippen LogP contribution in [-0.2, 0) is 16.1 Å². The average Bonchev–Trinajstić information content (AvgIpc) is 3.01. The van der Waals surface area contributed by atoms with Crippen LogP contribution in [0, 0.1) is 11.6 Å². The van der Waals surface area contributed by atoms with Crippen LogP contribution in [0.5, 0.6) is 0 Å². The molecule has 6 nitrogen and oxygen atoms in total. The molecule has 0 radical (unpaired) electrons. The van der Waals surface area contributed by atoms with Gasteiger partial charge in [-0.05, 0) is 66.2 Å². The molecular formula is C24H18ClF2N3O3. The van der Waals surface area contributed by atoms with Gasteiger partial charge in [0.05, 0.1) is 12.1 Å². The summed E-state index contributed by atoms with van der Waals surface area (Å²) in [4.78, 5) is 41.2. The van der Waals surface area contributed by atoms with Crippen LogP contribution in [-0.4, -0.2) is 28.8 Å². The smallest absolute Gasteiger partial charge is 0.326 e. The van der Waals surface area contributed by atoms with Crippen LogP contribution in [0.25, 0.3) is 0 Å². The summed E-state index contributed by atoms with van der Waals surface area (Å²) in [7, 11) is 0. The number of nitrogens with zero attached hydrogens (tertiary/aromatic N) is 2. The third-order valence-electron chi connectivity index (χ3n) is 5.18. The molecule has 0 aromatic heterocycles. The first-order valence-electron chi connectivity index (χ1n) is 10.0. The Kier molecular flexibility index (Phi) is 6.37. The van der Waals surface area contributed by atoms with Crippen molar-refractivity contribution in [1.29, 1.82) is 0 Å². The number of nitrogens with one attached hydrogen (secondary N) is 1. The fraction of sp³-hybridized carbons (Fsp3) is 0.125. The lowest BCUT2D eigenvalue weighted by molar-refractivity contribution is -0.124. The highest BCUT2D eigenvalue weighted by atomic mass is 35.5. The van der Waals surface area contributed by atoms with Crippen molar-refractivity contribution in [2.45, 2.75) is 19.0 Å². The highest BCUT2D eigenvalue weighted by Crippen LogP contribution is 2.29. The minimum absolute atomic E-state index is 0.0125. The Morgan fingerprint density at radius 1 is 0.879 bits per heavy atom. The van der Waals surface area contributed by atoms with Crippen LogP contribution in [0.1, 0.15) is 12.0 Å². The quantitative estimate of drug-likeness (QED) is 0.517. The van der Waals surface area contributed by atoms with Gasteiger partial charge in [-0.1, -0.05) is 23.7 Å². The van der Waals surface area contributed by atoms with E-state index in [9.17, 15) is 23.2 Å². The Morgan fingerprint density at radius 3 is 2.06 bits per heavy atom. The molecule has 33 heavy (non-hydrogen) atoms. The van der Waals surface area contributed by atoms with Crippen LogP contribution in [0.4, 0.5) is 25.0 Å². The van der Waals surface area contributed by atoms with Gasteiger partial charge in [-0.15, -0.1) is 0 Å². The molecule has 1 aliphatic heterocycles. The molecule has 1 aliphatic rings. The number of halogens is 3. The van der Waals surface area contributed by atoms with E-state index < -0.39 is 35.5 Å². The number of anilines is 2. The maximum Gasteiger partial charge on any atom is 0.332 e. The summed E-state index contributed by atoms with van der Waals surface area (Å²) in [6, 6.07) is 15.1. The highest BCUT2D eigenvalue weighted by molar-refractivity contribution is 6.30. The molecule has 168 valence electrons. The fourth-order valence-electron chi connectivity index (χ4n) is 3.55. The van der Waals surface area contributed by atoms with E-state index in [-0.39, 0.29) is 18.7 Å². The molecule has 0 aliphatic carbocycles. The highest BCUT2D eigenvalue weighted by Gasteiger charge is 2.46. The number of hydrogen-bond acceptors (Lipinski definition) is 3. The summed E-state index contributed by atoms with van der Waals surface area (Å²) >= 11 is 5.86. The van der Waals surface area contributed by atoms with Crippen molar-refractivity contribution in [3.63, 3.8) is 0 Å². The number of carbonyl (C=O) groups excluding carboxylic acids is 3. The van der Waals surface area contributed by atoms with Crippen molar-refractivity contribution in [3.05, 3.63) is 95.0 Å². The first kappa shape index (κ1) is 22.4. The summed E-state index contributed by atoms with van der Waals surface area (Å²) in [5.74, 6) is -2.04. The van der Waals surface area contributed by atoms with Gasteiger partial charge in [-0.3, -0.25) is 9.59 Å². The molecule has 1 fully saturated rings. The van der Waals surface area contributed by atoms with Crippen LogP contribution < -0.4 is 10.2 Å². The van der Waals surface area contributed by atoms with Crippen LogP contribution in [0.2, 0.25) is 5.02 Å². The first-order valence-corrected chi connectivity index (χ1v) is 10.4. The van der Waals surface area contributed by atoms with E-state index in [1.807, 2.05) is 0 Å². The van der Waals surface area contributed by atoms with Gasteiger partial charge in [0, 0.05) is 17.3 Å². The van der Waals surface area contributed by atoms with E-state index in [2.05, 4.69) is 5.32 Å². The zero-order valence-electron chi connectivity index (χ0n) is 17.2.